The minimum atomic E-state index is -4.26. The van der Waals surface area contributed by atoms with E-state index in [1.165, 1.54) is 11.3 Å². The third-order valence-corrected chi connectivity index (χ3v) is 6.26. The van der Waals surface area contributed by atoms with E-state index in [1.807, 2.05) is 12.1 Å². The van der Waals surface area contributed by atoms with Gasteiger partial charge in [-0.1, -0.05) is 23.7 Å². The number of alkyl halides is 3. The Balaban J connectivity index is 1.58. The summed E-state index contributed by atoms with van der Waals surface area (Å²) in [5, 5.41) is 6.52. The fourth-order valence-corrected chi connectivity index (χ4v) is 4.33. The summed E-state index contributed by atoms with van der Waals surface area (Å²) in [5.74, 6) is -1.17. The highest BCUT2D eigenvalue weighted by Crippen LogP contribution is 2.36. The molecule has 2 aromatic rings. The first-order valence-electron chi connectivity index (χ1n) is 10.2. The lowest BCUT2D eigenvalue weighted by Crippen LogP contribution is -2.51. The normalized spacial score (nSPS) is 23.6. The van der Waals surface area contributed by atoms with Crippen LogP contribution in [0.1, 0.15) is 43.6 Å². The van der Waals surface area contributed by atoms with Crippen LogP contribution in [0.3, 0.4) is 0 Å². The van der Waals surface area contributed by atoms with Gasteiger partial charge in [0.2, 0.25) is 0 Å². The van der Waals surface area contributed by atoms with Crippen LogP contribution in [0.5, 0.6) is 0 Å². The molecule has 166 valence electrons. The number of nitrogens with zero attached hydrogens (tertiary/aromatic N) is 3. The molecule has 0 aliphatic carbocycles. The first-order chi connectivity index (χ1) is 14.7. The summed E-state index contributed by atoms with van der Waals surface area (Å²) < 4.78 is 45.2. The average Bonchev–Trinajstić information content (AvgIpc) is 3.42. The molecule has 1 amide bonds. The fourth-order valence-electron chi connectivity index (χ4n) is 4.21. The van der Waals surface area contributed by atoms with Crippen LogP contribution in [-0.4, -0.2) is 46.8 Å². The van der Waals surface area contributed by atoms with E-state index in [4.69, 9.17) is 16.0 Å². The third kappa shape index (κ3) is 4.65. The Morgan fingerprint density at radius 2 is 2.00 bits per heavy atom. The standard InChI is InChI=1S/C22H23ClF3N3O2/c1-14(28-10-2-4-16(13-28)22(24,25)26)21(30)29-19(20-5-3-11-31-20)12-18(27-29)15-6-8-17(23)9-7-15/h3,5-9,11,14,16,19H,2,4,10,12-13H2,1H3. The topological polar surface area (TPSA) is 49.1 Å². The van der Waals surface area contributed by atoms with Gasteiger partial charge in [-0.3, -0.25) is 9.69 Å². The van der Waals surface area contributed by atoms with Crippen molar-refractivity contribution in [3.63, 3.8) is 0 Å². The SMILES string of the molecule is CC(C(=O)N1N=C(c2ccc(Cl)cc2)CC1c1ccco1)N1CCCC(C(F)(F)F)C1. The van der Waals surface area contributed by atoms with E-state index < -0.39 is 24.2 Å². The maximum absolute atomic E-state index is 13.4. The van der Waals surface area contributed by atoms with E-state index in [0.29, 0.717) is 35.9 Å². The smallest absolute Gasteiger partial charge is 0.393 e. The molecule has 0 bridgehead atoms. The molecule has 3 heterocycles. The van der Waals surface area contributed by atoms with Crippen LogP contribution >= 0.6 is 11.6 Å². The molecule has 4 rings (SSSR count). The molecule has 31 heavy (non-hydrogen) atoms. The van der Waals surface area contributed by atoms with Gasteiger partial charge in [-0.05, 0) is 56.1 Å². The zero-order valence-corrected chi connectivity index (χ0v) is 17.7. The van der Waals surface area contributed by atoms with Crippen molar-refractivity contribution in [2.45, 2.75) is 44.4 Å². The van der Waals surface area contributed by atoms with E-state index in [-0.39, 0.29) is 18.9 Å². The Hall–Kier alpha value is -2.32. The number of amides is 1. The van der Waals surface area contributed by atoms with Gasteiger partial charge in [0.25, 0.3) is 5.91 Å². The molecule has 2 aliphatic heterocycles. The average molecular weight is 454 g/mol. The second kappa shape index (κ2) is 8.67. The first-order valence-corrected chi connectivity index (χ1v) is 10.6. The number of carbonyl (C=O) groups excluding carboxylic acids is 1. The highest BCUT2D eigenvalue weighted by Gasteiger charge is 2.44. The summed E-state index contributed by atoms with van der Waals surface area (Å²) in [6.45, 7) is 1.92. The van der Waals surface area contributed by atoms with Gasteiger partial charge < -0.3 is 4.42 Å². The van der Waals surface area contributed by atoms with Crippen molar-refractivity contribution in [3.05, 3.63) is 59.0 Å². The summed E-state index contributed by atoms with van der Waals surface area (Å²) in [6, 6.07) is 9.50. The van der Waals surface area contributed by atoms with Crippen LogP contribution in [-0.2, 0) is 4.79 Å². The monoisotopic (exact) mass is 453 g/mol. The molecular weight excluding hydrogens is 431 g/mol. The van der Waals surface area contributed by atoms with E-state index in [0.717, 1.165) is 5.56 Å². The number of halogens is 4. The fraction of sp³-hybridized carbons (Fsp3) is 0.455. The highest BCUT2D eigenvalue weighted by molar-refractivity contribution is 6.30. The minimum absolute atomic E-state index is 0.0957. The second-order valence-corrected chi connectivity index (χ2v) is 8.46. The minimum Gasteiger partial charge on any atom is -0.467 e. The van der Waals surface area contributed by atoms with Crippen molar-refractivity contribution in [2.75, 3.05) is 13.1 Å². The number of rotatable bonds is 4. The lowest BCUT2D eigenvalue weighted by molar-refractivity contribution is -0.189. The largest absolute Gasteiger partial charge is 0.467 e. The predicted octanol–water partition coefficient (Wildman–Crippen LogP) is 5.27. The van der Waals surface area contributed by atoms with Gasteiger partial charge in [0.1, 0.15) is 11.8 Å². The zero-order valence-electron chi connectivity index (χ0n) is 17.0. The summed E-state index contributed by atoms with van der Waals surface area (Å²) in [5.41, 5.74) is 1.53. The number of likely N-dealkylation sites (tertiary alicyclic amines) is 1. The number of hydrogen-bond donors (Lipinski definition) is 0. The van der Waals surface area contributed by atoms with E-state index in [9.17, 15) is 18.0 Å². The lowest BCUT2D eigenvalue weighted by atomic mass is 9.96. The molecule has 0 saturated carbocycles. The molecular formula is C22H23ClF3N3O2. The van der Waals surface area contributed by atoms with Crippen molar-refractivity contribution in [2.24, 2.45) is 11.0 Å². The Morgan fingerprint density at radius 1 is 1.26 bits per heavy atom. The maximum atomic E-state index is 13.4. The van der Waals surface area contributed by atoms with Crippen LogP contribution in [0.25, 0.3) is 0 Å². The number of piperidine rings is 1. The van der Waals surface area contributed by atoms with Gasteiger partial charge in [-0.2, -0.15) is 18.3 Å². The number of carbonyl (C=O) groups is 1. The number of benzene rings is 1. The summed E-state index contributed by atoms with van der Waals surface area (Å²) >= 11 is 5.97. The van der Waals surface area contributed by atoms with Gasteiger partial charge >= 0.3 is 6.18 Å². The Bertz CT molecular complexity index is 944. The summed E-state index contributed by atoms with van der Waals surface area (Å²) in [7, 11) is 0. The van der Waals surface area contributed by atoms with Crippen LogP contribution in [0.4, 0.5) is 13.2 Å². The number of furan rings is 1. The molecule has 1 aromatic heterocycles. The van der Waals surface area contributed by atoms with E-state index >= 15 is 0 Å². The van der Waals surface area contributed by atoms with Crippen LogP contribution < -0.4 is 0 Å². The van der Waals surface area contributed by atoms with Gasteiger partial charge in [-0.25, -0.2) is 5.01 Å². The molecule has 3 atom stereocenters. The van der Waals surface area contributed by atoms with Crippen molar-refractivity contribution < 1.29 is 22.4 Å². The Kier molecular flexibility index (Phi) is 6.12. The molecule has 0 spiro atoms. The highest BCUT2D eigenvalue weighted by atomic mass is 35.5. The van der Waals surface area contributed by atoms with Crippen molar-refractivity contribution in [1.82, 2.24) is 9.91 Å². The van der Waals surface area contributed by atoms with Crippen LogP contribution in [0.2, 0.25) is 5.02 Å². The second-order valence-electron chi connectivity index (χ2n) is 8.02. The molecule has 0 N–H and O–H groups in total. The molecule has 3 unspecified atom stereocenters. The molecule has 1 saturated heterocycles. The van der Waals surface area contributed by atoms with Gasteiger partial charge in [0.15, 0.2) is 0 Å². The van der Waals surface area contributed by atoms with Gasteiger partial charge in [0.05, 0.1) is 23.9 Å². The predicted molar refractivity (Wildman–Crippen MR) is 111 cm³/mol. The van der Waals surface area contributed by atoms with E-state index in [2.05, 4.69) is 5.10 Å². The van der Waals surface area contributed by atoms with Crippen LogP contribution in [0, 0.1) is 5.92 Å². The van der Waals surface area contributed by atoms with E-state index in [1.54, 1.807) is 36.1 Å². The molecule has 0 radical (unpaired) electrons. The Labute approximate surface area is 183 Å². The number of hydrogen-bond acceptors (Lipinski definition) is 4. The first kappa shape index (κ1) is 21.9. The Morgan fingerprint density at radius 3 is 2.65 bits per heavy atom. The summed E-state index contributed by atoms with van der Waals surface area (Å²) in [4.78, 5) is 15.0. The van der Waals surface area contributed by atoms with Crippen molar-refractivity contribution in [1.29, 1.82) is 0 Å². The molecule has 5 nitrogen and oxygen atoms in total. The van der Waals surface area contributed by atoms with Crippen molar-refractivity contribution >= 4 is 23.2 Å². The molecule has 9 heteroatoms. The summed E-state index contributed by atoms with van der Waals surface area (Å²) in [6.07, 6.45) is -1.79. The lowest BCUT2D eigenvalue weighted by Gasteiger charge is -2.38. The number of hydrazone groups is 1. The van der Waals surface area contributed by atoms with Crippen molar-refractivity contribution in [3.8, 4) is 0 Å². The third-order valence-electron chi connectivity index (χ3n) is 6.01. The molecule has 1 aromatic carbocycles. The van der Waals surface area contributed by atoms with Gasteiger partial charge in [-0.15, -0.1) is 0 Å². The quantitative estimate of drug-likeness (QED) is 0.633. The van der Waals surface area contributed by atoms with Gasteiger partial charge in [0, 0.05) is 18.0 Å². The van der Waals surface area contributed by atoms with Crippen LogP contribution in [0.15, 0.2) is 52.2 Å². The molecule has 2 aliphatic rings. The molecule has 1 fully saturated rings. The zero-order chi connectivity index (χ0) is 22.2. The maximum Gasteiger partial charge on any atom is 0.393 e.